The van der Waals surface area contributed by atoms with Crippen LogP contribution in [0.2, 0.25) is 0 Å². The molecule has 3 aromatic carbocycles. The lowest BCUT2D eigenvalue weighted by Crippen LogP contribution is -2.57. The van der Waals surface area contributed by atoms with Gasteiger partial charge in [-0.05, 0) is 54.0 Å². The van der Waals surface area contributed by atoms with Crippen molar-refractivity contribution in [1.82, 2.24) is 9.21 Å². The zero-order valence-corrected chi connectivity index (χ0v) is 28.5. The van der Waals surface area contributed by atoms with Crippen LogP contribution in [0.15, 0.2) is 89.8 Å². The van der Waals surface area contributed by atoms with Gasteiger partial charge in [0.1, 0.15) is 6.04 Å². The predicted octanol–water partition coefficient (Wildman–Crippen LogP) is 5.04. The van der Waals surface area contributed by atoms with E-state index < -0.39 is 65.3 Å². The van der Waals surface area contributed by atoms with Crippen molar-refractivity contribution in [3.05, 3.63) is 102 Å². The number of imide groups is 1. The van der Waals surface area contributed by atoms with Crippen LogP contribution in [-0.4, -0.2) is 84.4 Å². The fourth-order valence-electron chi connectivity index (χ4n) is 5.72. The van der Waals surface area contributed by atoms with Crippen molar-refractivity contribution >= 4 is 22.0 Å². The number of rotatable bonds is 16. The maximum absolute atomic E-state index is 14.7. The molecule has 0 bridgehead atoms. The molecule has 49 heavy (non-hydrogen) atoms. The minimum Gasteiger partial charge on any atom is -0.452 e. The van der Waals surface area contributed by atoms with Crippen molar-refractivity contribution in [2.45, 2.75) is 74.8 Å². The molecular formula is C35H44F3N3O7S. The van der Waals surface area contributed by atoms with Gasteiger partial charge in [-0.15, -0.1) is 0 Å². The Hall–Kier alpha value is -3.82. The minimum absolute atomic E-state index is 0.00282. The van der Waals surface area contributed by atoms with Gasteiger partial charge < -0.3 is 20.7 Å². The average Bonchev–Trinajstić information content (AvgIpc) is 3.08. The van der Waals surface area contributed by atoms with Gasteiger partial charge in [0.25, 0.3) is 0 Å². The topological polar surface area (TPSA) is 150 Å². The molecule has 3 atom stereocenters. The number of nitrogens with two attached hydrogens (primary N) is 1. The van der Waals surface area contributed by atoms with Crippen LogP contribution < -0.4 is 5.73 Å². The summed E-state index contributed by atoms with van der Waals surface area (Å²) in [4.78, 5) is 26.7. The van der Waals surface area contributed by atoms with E-state index in [9.17, 15) is 41.4 Å². The van der Waals surface area contributed by atoms with Crippen molar-refractivity contribution < 1.29 is 46.1 Å². The number of aliphatic hydroxyl groups is 2. The third kappa shape index (κ3) is 10.1. The Labute approximate surface area is 285 Å². The minimum atomic E-state index is -5.11. The Morgan fingerprint density at radius 2 is 1.41 bits per heavy atom. The molecule has 0 radical (unpaired) electrons. The third-order valence-corrected chi connectivity index (χ3v) is 10.1. The number of carbonyl (C=O) groups excluding carboxylic acids is 2. The number of sulfonamides is 1. The summed E-state index contributed by atoms with van der Waals surface area (Å²) in [7, 11) is -3.36. The van der Waals surface area contributed by atoms with Crippen LogP contribution in [0, 0.1) is 5.92 Å². The fraction of sp³-hybridized carbons (Fsp3) is 0.429. The quantitative estimate of drug-likeness (QED) is 0.188. The number of aliphatic hydroxyl groups excluding tert-OH is 2. The number of halogens is 3. The van der Waals surface area contributed by atoms with Crippen molar-refractivity contribution in [2.75, 3.05) is 20.3 Å². The highest BCUT2D eigenvalue weighted by Crippen LogP contribution is 2.34. The molecule has 3 rings (SSSR count). The summed E-state index contributed by atoms with van der Waals surface area (Å²) < 4.78 is 77.2. The Morgan fingerprint density at radius 1 is 0.878 bits per heavy atom. The third-order valence-electron chi connectivity index (χ3n) is 8.15. The second-order valence-corrected chi connectivity index (χ2v) is 14.0. The Kier molecular flexibility index (Phi) is 14.3. The zero-order chi connectivity index (χ0) is 36.4. The van der Waals surface area contributed by atoms with Crippen LogP contribution in [0.25, 0.3) is 0 Å². The van der Waals surface area contributed by atoms with Gasteiger partial charge in [-0.25, -0.2) is 18.1 Å². The molecule has 14 heteroatoms. The first-order valence-corrected chi connectivity index (χ1v) is 17.3. The lowest BCUT2D eigenvalue weighted by molar-refractivity contribution is -0.187. The number of methoxy groups -OCH3 is 1. The summed E-state index contributed by atoms with van der Waals surface area (Å²) >= 11 is 0. The monoisotopic (exact) mass is 707 g/mol. The van der Waals surface area contributed by atoms with Gasteiger partial charge in [0.2, 0.25) is 15.9 Å². The van der Waals surface area contributed by atoms with Crippen LogP contribution >= 0.6 is 0 Å². The second kappa shape index (κ2) is 17.7. The summed E-state index contributed by atoms with van der Waals surface area (Å²) in [6.07, 6.45) is -8.02. The van der Waals surface area contributed by atoms with Gasteiger partial charge in [-0.1, -0.05) is 86.6 Å². The number of ether oxygens (including phenoxy) is 1. The average molecular weight is 708 g/mol. The van der Waals surface area contributed by atoms with Crippen molar-refractivity contribution in [2.24, 2.45) is 11.7 Å². The highest BCUT2D eigenvalue weighted by molar-refractivity contribution is 7.89. The van der Waals surface area contributed by atoms with Crippen molar-refractivity contribution in [3.63, 3.8) is 0 Å². The molecule has 3 aromatic rings. The first-order chi connectivity index (χ1) is 23.2. The largest absolute Gasteiger partial charge is 0.452 e. The lowest BCUT2D eigenvalue weighted by atomic mass is 9.84. The summed E-state index contributed by atoms with van der Waals surface area (Å²) in [6, 6.07) is 17.1. The highest BCUT2D eigenvalue weighted by atomic mass is 32.2. The molecule has 0 aromatic heterocycles. The number of hydrogen-bond acceptors (Lipinski definition) is 8. The van der Waals surface area contributed by atoms with E-state index >= 15 is 0 Å². The van der Waals surface area contributed by atoms with E-state index in [0.29, 0.717) is 16.7 Å². The summed E-state index contributed by atoms with van der Waals surface area (Å²) in [5, 5.41) is 19.6. The maximum atomic E-state index is 14.7. The van der Waals surface area contributed by atoms with E-state index in [4.69, 9.17) is 5.73 Å². The molecule has 268 valence electrons. The lowest BCUT2D eigenvalue weighted by Gasteiger charge is -2.35. The molecule has 0 aliphatic carbocycles. The van der Waals surface area contributed by atoms with Crippen LogP contribution in [0.4, 0.5) is 18.0 Å². The number of amides is 2. The van der Waals surface area contributed by atoms with Crippen LogP contribution in [0.3, 0.4) is 0 Å². The highest BCUT2D eigenvalue weighted by Gasteiger charge is 2.50. The normalized spacial score (nSPS) is 14.1. The van der Waals surface area contributed by atoms with Gasteiger partial charge in [0.15, 0.2) is 0 Å². The maximum Gasteiger partial charge on any atom is 0.416 e. The summed E-state index contributed by atoms with van der Waals surface area (Å²) in [6.45, 7) is 2.47. The van der Waals surface area contributed by atoms with Gasteiger partial charge in [-0.3, -0.25) is 4.79 Å². The fourth-order valence-corrected chi connectivity index (χ4v) is 7.53. The molecule has 0 heterocycles. The second-order valence-electron chi connectivity index (χ2n) is 12.1. The number of benzene rings is 3. The smallest absolute Gasteiger partial charge is 0.416 e. The number of nitrogens with zero attached hydrogens (tertiary/aromatic N) is 2. The first kappa shape index (κ1) is 39.6. The van der Waals surface area contributed by atoms with E-state index in [0.717, 1.165) is 11.4 Å². The molecule has 10 nitrogen and oxygen atoms in total. The van der Waals surface area contributed by atoms with Crippen LogP contribution in [0.1, 0.15) is 55.7 Å². The zero-order valence-electron chi connectivity index (χ0n) is 27.7. The van der Waals surface area contributed by atoms with Gasteiger partial charge in [-0.2, -0.15) is 17.5 Å². The molecule has 0 unspecified atom stereocenters. The molecule has 2 amide bonds. The molecule has 4 N–H and O–H groups in total. The van der Waals surface area contributed by atoms with E-state index in [1.54, 1.807) is 74.5 Å². The molecule has 0 saturated heterocycles. The van der Waals surface area contributed by atoms with Gasteiger partial charge >= 0.3 is 12.3 Å². The Balaban J connectivity index is 1.93. The Morgan fingerprint density at radius 3 is 1.84 bits per heavy atom. The SMILES string of the molecule is COC(=O)N(C(=O)[C@@H](N)C(c1ccccc1)c1ccccc1)[C@H](CCC[C@@H](CO)N(CC(C)C)S(=O)(=O)c1ccc(CO)cc1)C(F)(F)F. The summed E-state index contributed by atoms with van der Waals surface area (Å²) in [5.74, 6) is -2.42. The number of hydrogen-bond donors (Lipinski definition) is 3. The van der Waals surface area contributed by atoms with E-state index in [-0.39, 0.29) is 41.7 Å². The first-order valence-electron chi connectivity index (χ1n) is 15.8. The molecule has 0 aliphatic heterocycles. The molecule has 0 aliphatic rings. The van der Waals surface area contributed by atoms with E-state index in [1.165, 1.54) is 24.3 Å². The predicted molar refractivity (Wildman–Crippen MR) is 178 cm³/mol. The molecule has 0 spiro atoms. The summed E-state index contributed by atoms with van der Waals surface area (Å²) in [5.41, 5.74) is 7.99. The van der Waals surface area contributed by atoms with E-state index in [2.05, 4.69) is 4.74 Å². The Bertz CT molecular complexity index is 1550. The van der Waals surface area contributed by atoms with Gasteiger partial charge in [0.05, 0.1) is 31.3 Å². The number of alkyl halides is 3. The van der Waals surface area contributed by atoms with Crippen LogP contribution in [-0.2, 0) is 26.2 Å². The van der Waals surface area contributed by atoms with Gasteiger partial charge in [0, 0.05) is 18.5 Å². The standard InChI is InChI=1S/C35H44F3N3O7S/c1-24(2)21-40(49(46,47)29-19-17-25(22-42)18-20-29)28(23-43)15-10-16-30(35(36,37)38)41(34(45)48-3)33(44)32(39)31(26-11-6-4-7-12-26)27-13-8-5-9-14-27/h4-9,11-14,17-20,24,28,30-32,42-43H,10,15-16,21-23,39H2,1-3H3/t28-,30+,32-/m0/s1. The number of carbonyl (C=O) groups is 2. The molecular weight excluding hydrogens is 663 g/mol. The van der Waals surface area contributed by atoms with Crippen molar-refractivity contribution in [1.29, 1.82) is 0 Å². The molecule has 0 saturated carbocycles. The van der Waals surface area contributed by atoms with Crippen molar-refractivity contribution in [3.8, 4) is 0 Å². The molecule has 0 fully saturated rings. The van der Waals surface area contributed by atoms with Crippen LogP contribution in [0.5, 0.6) is 0 Å². The van der Waals surface area contributed by atoms with E-state index in [1.807, 2.05) is 0 Å².